The van der Waals surface area contributed by atoms with E-state index in [1.807, 2.05) is 13.0 Å². The fourth-order valence-electron chi connectivity index (χ4n) is 3.35. The average Bonchev–Trinajstić information content (AvgIpc) is 2.96. The highest BCUT2D eigenvalue weighted by Crippen LogP contribution is 2.41. The second-order valence-corrected chi connectivity index (χ2v) is 8.26. The molecule has 6 heteroatoms. The van der Waals surface area contributed by atoms with Crippen molar-refractivity contribution in [1.29, 1.82) is 0 Å². The van der Waals surface area contributed by atoms with Gasteiger partial charge in [-0.3, -0.25) is 4.90 Å². The van der Waals surface area contributed by atoms with Crippen LogP contribution >= 0.6 is 0 Å². The Morgan fingerprint density at radius 3 is 2.80 bits per heavy atom. The molecule has 2 fully saturated rings. The van der Waals surface area contributed by atoms with E-state index in [4.69, 9.17) is 4.42 Å². The molecule has 1 spiro atoms. The van der Waals surface area contributed by atoms with Crippen LogP contribution in [0.25, 0.3) is 0 Å². The number of sulfonamides is 1. The first-order valence-corrected chi connectivity index (χ1v) is 8.85. The molecule has 2 aliphatic rings. The van der Waals surface area contributed by atoms with Crippen molar-refractivity contribution in [3.05, 3.63) is 24.2 Å². The Balaban J connectivity index is 1.54. The summed E-state index contributed by atoms with van der Waals surface area (Å²) in [5, 5.41) is 0. The Bertz CT molecular complexity index is 547. The zero-order chi connectivity index (χ0) is 14.2. The van der Waals surface area contributed by atoms with Crippen LogP contribution in [0.15, 0.2) is 23.0 Å². The third-order valence-corrected chi connectivity index (χ3v) is 6.35. The highest BCUT2D eigenvalue weighted by atomic mass is 32.2. The minimum atomic E-state index is -3.00. The summed E-state index contributed by atoms with van der Waals surface area (Å²) >= 11 is 0. The normalized spacial score (nSPS) is 23.2. The molecule has 0 unspecified atom stereocenters. The summed E-state index contributed by atoms with van der Waals surface area (Å²) in [6.45, 7) is 6.27. The van der Waals surface area contributed by atoms with E-state index < -0.39 is 10.0 Å². The van der Waals surface area contributed by atoms with Crippen molar-refractivity contribution >= 4 is 10.0 Å². The number of hydrogen-bond acceptors (Lipinski definition) is 4. The van der Waals surface area contributed by atoms with E-state index in [-0.39, 0.29) is 11.2 Å². The fourth-order valence-corrected chi connectivity index (χ4v) is 5.06. The van der Waals surface area contributed by atoms with Crippen LogP contribution in [0.3, 0.4) is 0 Å². The van der Waals surface area contributed by atoms with Crippen molar-refractivity contribution in [2.45, 2.75) is 26.3 Å². The zero-order valence-corrected chi connectivity index (χ0v) is 12.7. The third kappa shape index (κ3) is 2.64. The van der Waals surface area contributed by atoms with Gasteiger partial charge in [-0.1, -0.05) is 6.92 Å². The Labute approximate surface area is 120 Å². The van der Waals surface area contributed by atoms with Crippen LogP contribution < -0.4 is 0 Å². The van der Waals surface area contributed by atoms with Gasteiger partial charge in [0, 0.05) is 37.2 Å². The summed E-state index contributed by atoms with van der Waals surface area (Å²) in [5.41, 5.74) is 1.39. The van der Waals surface area contributed by atoms with Gasteiger partial charge in [-0.05, 0) is 25.5 Å². The lowest BCUT2D eigenvalue weighted by Crippen LogP contribution is -2.59. The molecule has 3 heterocycles. The van der Waals surface area contributed by atoms with Crippen LogP contribution in [0, 0.1) is 5.41 Å². The SMILES string of the molecule is CCCS(=O)(=O)N1CC2(CCN(Cc3ccoc3)C2)C1. The lowest BCUT2D eigenvalue weighted by atomic mass is 9.81. The van der Waals surface area contributed by atoms with Gasteiger partial charge in [-0.2, -0.15) is 0 Å². The molecule has 0 aliphatic carbocycles. The first-order chi connectivity index (χ1) is 9.53. The van der Waals surface area contributed by atoms with Crippen molar-refractivity contribution in [1.82, 2.24) is 9.21 Å². The van der Waals surface area contributed by atoms with Crippen molar-refractivity contribution in [2.75, 3.05) is 31.9 Å². The Morgan fingerprint density at radius 1 is 1.35 bits per heavy atom. The molecule has 5 nitrogen and oxygen atoms in total. The predicted octanol–water partition coefficient (Wildman–Crippen LogP) is 1.53. The molecule has 1 aromatic rings. The van der Waals surface area contributed by atoms with E-state index in [9.17, 15) is 8.42 Å². The van der Waals surface area contributed by atoms with Gasteiger partial charge in [0.05, 0.1) is 18.3 Å². The summed E-state index contributed by atoms with van der Waals surface area (Å²) in [5.74, 6) is 0.280. The van der Waals surface area contributed by atoms with Crippen LogP contribution in [0.1, 0.15) is 25.3 Å². The first kappa shape index (κ1) is 14.1. The second-order valence-electron chi connectivity index (χ2n) is 6.18. The molecule has 0 N–H and O–H groups in total. The zero-order valence-electron chi connectivity index (χ0n) is 11.9. The van der Waals surface area contributed by atoms with Crippen molar-refractivity contribution in [3.8, 4) is 0 Å². The van der Waals surface area contributed by atoms with Gasteiger partial charge < -0.3 is 4.42 Å². The quantitative estimate of drug-likeness (QED) is 0.827. The van der Waals surface area contributed by atoms with E-state index in [0.29, 0.717) is 19.5 Å². The molecule has 0 saturated carbocycles. The summed E-state index contributed by atoms with van der Waals surface area (Å²) in [6.07, 6.45) is 5.27. The van der Waals surface area contributed by atoms with Crippen LogP contribution in [0.5, 0.6) is 0 Å². The van der Waals surface area contributed by atoms with Crippen molar-refractivity contribution in [3.63, 3.8) is 0 Å². The van der Waals surface area contributed by atoms with E-state index >= 15 is 0 Å². The van der Waals surface area contributed by atoms with Crippen LogP contribution in [-0.2, 0) is 16.6 Å². The summed E-state index contributed by atoms with van der Waals surface area (Å²) in [6, 6.07) is 1.99. The van der Waals surface area contributed by atoms with Gasteiger partial charge in [-0.15, -0.1) is 0 Å². The van der Waals surface area contributed by atoms with Gasteiger partial charge in [0.15, 0.2) is 0 Å². The minimum absolute atomic E-state index is 0.199. The molecule has 0 atom stereocenters. The summed E-state index contributed by atoms with van der Waals surface area (Å²) in [4.78, 5) is 2.40. The lowest BCUT2D eigenvalue weighted by Gasteiger charge is -2.47. The van der Waals surface area contributed by atoms with Crippen molar-refractivity contribution < 1.29 is 12.8 Å². The van der Waals surface area contributed by atoms with E-state index in [1.165, 1.54) is 5.56 Å². The van der Waals surface area contributed by atoms with Gasteiger partial charge in [-0.25, -0.2) is 12.7 Å². The van der Waals surface area contributed by atoms with Gasteiger partial charge in [0.2, 0.25) is 10.0 Å². The molecule has 20 heavy (non-hydrogen) atoms. The largest absolute Gasteiger partial charge is 0.472 e. The molecule has 0 amide bonds. The maximum Gasteiger partial charge on any atom is 0.214 e. The topological polar surface area (TPSA) is 53.8 Å². The Morgan fingerprint density at radius 2 is 2.15 bits per heavy atom. The maximum atomic E-state index is 12.0. The molecule has 2 saturated heterocycles. The molecule has 0 radical (unpaired) electrons. The van der Waals surface area contributed by atoms with Crippen molar-refractivity contribution in [2.24, 2.45) is 5.41 Å². The summed E-state index contributed by atoms with van der Waals surface area (Å²) < 4.78 is 30.7. The lowest BCUT2D eigenvalue weighted by molar-refractivity contribution is 0.0770. The molecular formula is C14H22N2O3S. The molecule has 0 bridgehead atoms. The molecule has 2 aliphatic heterocycles. The second kappa shape index (κ2) is 5.16. The van der Waals surface area contributed by atoms with Gasteiger partial charge >= 0.3 is 0 Å². The summed E-state index contributed by atoms with van der Waals surface area (Å²) in [7, 11) is -3.00. The highest BCUT2D eigenvalue weighted by molar-refractivity contribution is 7.89. The Kier molecular flexibility index (Phi) is 3.64. The Hall–Kier alpha value is -0.850. The molecule has 112 valence electrons. The smallest absolute Gasteiger partial charge is 0.214 e. The van der Waals surface area contributed by atoms with Gasteiger partial charge in [0.25, 0.3) is 0 Å². The molecule has 0 aromatic carbocycles. The fraction of sp³-hybridized carbons (Fsp3) is 0.714. The maximum absolute atomic E-state index is 12.0. The molecule has 1 aromatic heterocycles. The number of nitrogens with zero attached hydrogens (tertiary/aromatic N) is 2. The number of hydrogen-bond donors (Lipinski definition) is 0. The number of likely N-dealkylation sites (tertiary alicyclic amines) is 1. The third-order valence-electron chi connectivity index (χ3n) is 4.38. The van der Waals surface area contributed by atoms with Gasteiger partial charge in [0.1, 0.15) is 0 Å². The van der Waals surface area contributed by atoms with Crippen LogP contribution in [-0.4, -0.2) is 49.6 Å². The number of furan rings is 1. The predicted molar refractivity (Wildman–Crippen MR) is 76.7 cm³/mol. The van der Waals surface area contributed by atoms with E-state index in [0.717, 1.165) is 26.1 Å². The molecule has 3 rings (SSSR count). The van der Waals surface area contributed by atoms with Crippen LogP contribution in [0.2, 0.25) is 0 Å². The number of rotatable bonds is 5. The highest BCUT2D eigenvalue weighted by Gasteiger charge is 2.50. The minimum Gasteiger partial charge on any atom is -0.472 e. The first-order valence-electron chi connectivity index (χ1n) is 7.24. The standard InChI is InChI=1S/C14H22N2O3S/c1-2-7-20(17,18)16-11-14(12-16)4-5-15(10-14)8-13-3-6-19-9-13/h3,6,9H,2,4-5,7-8,10-12H2,1H3. The van der Waals surface area contributed by atoms with E-state index in [1.54, 1.807) is 16.8 Å². The van der Waals surface area contributed by atoms with Crippen LogP contribution in [0.4, 0.5) is 0 Å². The van der Waals surface area contributed by atoms with E-state index in [2.05, 4.69) is 4.90 Å². The average molecular weight is 298 g/mol. The molecular weight excluding hydrogens is 276 g/mol. The monoisotopic (exact) mass is 298 g/mol.